The lowest BCUT2D eigenvalue weighted by molar-refractivity contribution is 0.128. The minimum atomic E-state index is 0.475. The van der Waals surface area contributed by atoms with Gasteiger partial charge in [0.25, 0.3) is 0 Å². The molecule has 2 N–H and O–H groups in total. The van der Waals surface area contributed by atoms with Crippen molar-refractivity contribution in [1.82, 2.24) is 20.7 Å². The Kier molecular flexibility index (Phi) is 7.50. The number of nitrogens with zero attached hydrogens (tertiary/aromatic N) is 3. The summed E-state index contributed by atoms with van der Waals surface area (Å²) in [6.07, 6.45) is 3.36. The molecule has 1 fully saturated rings. The number of thiophene rings is 1. The highest BCUT2D eigenvalue weighted by Gasteiger charge is 2.31. The van der Waals surface area contributed by atoms with Crippen LogP contribution in [0.4, 0.5) is 0 Å². The first-order valence-corrected chi connectivity index (χ1v) is 11.2. The molecular formula is C21H33N5OS. The molecule has 2 atom stereocenters. The molecule has 2 aromatic rings. The van der Waals surface area contributed by atoms with Crippen molar-refractivity contribution in [3.05, 3.63) is 39.4 Å². The SMILES string of the molecule is CCNC(=NCC1CCCN(C)C1c1cccs1)NCCc1c(C)noc1C. The summed E-state index contributed by atoms with van der Waals surface area (Å²) in [7, 11) is 2.24. The third-order valence-electron chi connectivity index (χ3n) is 5.52. The maximum absolute atomic E-state index is 5.26. The smallest absolute Gasteiger partial charge is 0.191 e. The fourth-order valence-electron chi connectivity index (χ4n) is 4.07. The van der Waals surface area contributed by atoms with Crippen molar-refractivity contribution in [1.29, 1.82) is 0 Å². The molecule has 0 bridgehead atoms. The van der Waals surface area contributed by atoms with Crippen molar-refractivity contribution < 1.29 is 4.52 Å². The summed E-state index contributed by atoms with van der Waals surface area (Å²) < 4.78 is 5.26. The number of aryl methyl sites for hydroxylation is 2. The normalized spacial score (nSPS) is 21.1. The summed E-state index contributed by atoms with van der Waals surface area (Å²) in [5, 5.41) is 13.1. The van der Waals surface area contributed by atoms with Gasteiger partial charge in [-0.1, -0.05) is 11.2 Å². The molecule has 3 rings (SSSR count). The molecule has 1 saturated heterocycles. The van der Waals surface area contributed by atoms with Crippen molar-refractivity contribution in [3.8, 4) is 0 Å². The van der Waals surface area contributed by atoms with Crippen molar-refractivity contribution in [2.24, 2.45) is 10.9 Å². The maximum atomic E-state index is 5.26. The zero-order chi connectivity index (χ0) is 19.9. The van der Waals surface area contributed by atoms with Gasteiger partial charge >= 0.3 is 0 Å². The van der Waals surface area contributed by atoms with Crippen LogP contribution in [0.15, 0.2) is 27.0 Å². The number of aliphatic imine (C=N–C) groups is 1. The van der Waals surface area contributed by atoms with E-state index < -0.39 is 0 Å². The summed E-state index contributed by atoms with van der Waals surface area (Å²) in [5.74, 6) is 2.35. The molecule has 3 heterocycles. The van der Waals surface area contributed by atoms with Gasteiger partial charge in [-0.25, -0.2) is 0 Å². The zero-order valence-electron chi connectivity index (χ0n) is 17.5. The zero-order valence-corrected chi connectivity index (χ0v) is 18.3. The van der Waals surface area contributed by atoms with Gasteiger partial charge in [-0.15, -0.1) is 11.3 Å². The quantitative estimate of drug-likeness (QED) is 0.547. The van der Waals surface area contributed by atoms with E-state index in [1.807, 2.05) is 25.2 Å². The lowest BCUT2D eigenvalue weighted by Gasteiger charge is -2.38. The highest BCUT2D eigenvalue weighted by atomic mass is 32.1. The Hall–Kier alpha value is -1.86. The lowest BCUT2D eigenvalue weighted by atomic mass is 9.88. The molecule has 154 valence electrons. The van der Waals surface area contributed by atoms with Gasteiger partial charge in [-0.3, -0.25) is 9.89 Å². The van der Waals surface area contributed by atoms with Gasteiger partial charge in [0, 0.05) is 36.1 Å². The first-order valence-electron chi connectivity index (χ1n) is 10.3. The van der Waals surface area contributed by atoms with E-state index in [1.165, 1.54) is 29.8 Å². The van der Waals surface area contributed by atoms with E-state index in [1.54, 1.807) is 0 Å². The number of aromatic nitrogens is 1. The highest BCUT2D eigenvalue weighted by Crippen LogP contribution is 2.37. The summed E-state index contributed by atoms with van der Waals surface area (Å²) >= 11 is 1.86. The maximum Gasteiger partial charge on any atom is 0.191 e. The second-order valence-corrected chi connectivity index (χ2v) is 8.52. The number of nitrogens with one attached hydrogen (secondary N) is 2. The van der Waals surface area contributed by atoms with Crippen LogP contribution in [0, 0.1) is 19.8 Å². The van der Waals surface area contributed by atoms with Crippen LogP contribution in [0.3, 0.4) is 0 Å². The van der Waals surface area contributed by atoms with Gasteiger partial charge in [-0.05, 0) is 71.0 Å². The molecule has 2 aromatic heterocycles. The number of rotatable bonds is 7. The lowest BCUT2D eigenvalue weighted by Crippen LogP contribution is -2.40. The Bertz CT molecular complexity index is 735. The summed E-state index contributed by atoms with van der Waals surface area (Å²) in [6.45, 7) is 9.75. The van der Waals surface area contributed by atoms with Crippen LogP contribution in [0.1, 0.15) is 47.7 Å². The van der Waals surface area contributed by atoms with Crippen molar-refractivity contribution in [2.75, 3.05) is 33.2 Å². The topological polar surface area (TPSA) is 65.7 Å². The second-order valence-electron chi connectivity index (χ2n) is 7.54. The van der Waals surface area contributed by atoms with Gasteiger partial charge in [0.1, 0.15) is 5.76 Å². The monoisotopic (exact) mass is 403 g/mol. The van der Waals surface area contributed by atoms with Gasteiger partial charge in [0.05, 0.1) is 5.69 Å². The summed E-state index contributed by atoms with van der Waals surface area (Å²) in [4.78, 5) is 8.88. The van der Waals surface area contributed by atoms with E-state index in [4.69, 9.17) is 9.52 Å². The molecule has 1 aliphatic heterocycles. The van der Waals surface area contributed by atoms with E-state index >= 15 is 0 Å². The average Bonchev–Trinajstić information content (AvgIpc) is 3.31. The first-order chi connectivity index (χ1) is 13.6. The molecule has 7 heteroatoms. The van der Waals surface area contributed by atoms with Crippen molar-refractivity contribution in [3.63, 3.8) is 0 Å². The van der Waals surface area contributed by atoms with Crippen molar-refractivity contribution >= 4 is 17.3 Å². The van der Waals surface area contributed by atoms with Crippen LogP contribution < -0.4 is 10.6 Å². The van der Waals surface area contributed by atoms with Crippen LogP contribution in [-0.4, -0.2) is 49.2 Å². The summed E-state index contributed by atoms with van der Waals surface area (Å²) in [6, 6.07) is 4.90. The van der Waals surface area contributed by atoms with E-state index in [9.17, 15) is 0 Å². The third-order valence-corrected chi connectivity index (χ3v) is 6.46. The van der Waals surface area contributed by atoms with E-state index in [0.717, 1.165) is 43.5 Å². The fourth-order valence-corrected chi connectivity index (χ4v) is 5.06. The summed E-state index contributed by atoms with van der Waals surface area (Å²) in [5.41, 5.74) is 2.17. The molecule has 2 unspecified atom stereocenters. The highest BCUT2D eigenvalue weighted by molar-refractivity contribution is 7.10. The van der Waals surface area contributed by atoms with Gasteiger partial charge in [0.2, 0.25) is 0 Å². The molecule has 6 nitrogen and oxygen atoms in total. The first kappa shape index (κ1) is 20.9. The molecule has 0 amide bonds. The van der Waals surface area contributed by atoms with E-state index in [-0.39, 0.29) is 0 Å². The van der Waals surface area contributed by atoms with Crippen LogP contribution in [-0.2, 0) is 6.42 Å². The van der Waals surface area contributed by atoms with Crippen LogP contribution in [0.2, 0.25) is 0 Å². The standard InChI is InChI=1S/C21H33N5OS/c1-5-22-21(23-11-10-18-15(2)25-27-16(18)3)24-14-17-8-6-12-26(4)20(17)19-9-7-13-28-19/h7,9,13,17,20H,5-6,8,10-12,14H2,1-4H3,(H2,22,23,24). The van der Waals surface area contributed by atoms with Crippen molar-refractivity contribution in [2.45, 2.75) is 46.1 Å². The Morgan fingerprint density at radius 2 is 2.25 bits per heavy atom. The Balaban J connectivity index is 1.61. The molecule has 0 spiro atoms. The average molecular weight is 404 g/mol. The minimum Gasteiger partial charge on any atom is -0.361 e. The number of piperidine rings is 1. The number of hydrogen-bond donors (Lipinski definition) is 2. The van der Waals surface area contributed by atoms with Gasteiger partial charge < -0.3 is 15.2 Å². The second kappa shape index (κ2) is 10.1. The largest absolute Gasteiger partial charge is 0.361 e. The van der Waals surface area contributed by atoms with Crippen LogP contribution in [0.25, 0.3) is 0 Å². The molecule has 28 heavy (non-hydrogen) atoms. The number of hydrogen-bond acceptors (Lipinski definition) is 5. The van der Waals surface area contributed by atoms with Crippen LogP contribution in [0.5, 0.6) is 0 Å². The molecule has 0 aliphatic carbocycles. The molecular weight excluding hydrogens is 370 g/mol. The Morgan fingerprint density at radius 3 is 2.93 bits per heavy atom. The third kappa shape index (κ3) is 5.14. The molecule has 0 saturated carbocycles. The number of likely N-dealkylation sites (tertiary alicyclic amines) is 1. The number of guanidine groups is 1. The predicted molar refractivity (Wildman–Crippen MR) is 116 cm³/mol. The van der Waals surface area contributed by atoms with Gasteiger partial charge in [-0.2, -0.15) is 0 Å². The Morgan fingerprint density at radius 1 is 1.39 bits per heavy atom. The van der Waals surface area contributed by atoms with E-state index in [0.29, 0.717) is 12.0 Å². The van der Waals surface area contributed by atoms with Gasteiger partial charge in [0.15, 0.2) is 5.96 Å². The molecule has 1 aliphatic rings. The molecule has 0 aromatic carbocycles. The molecule has 0 radical (unpaired) electrons. The van der Waals surface area contributed by atoms with E-state index in [2.05, 4.69) is 52.2 Å². The Labute approximate surface area is 172 Å². The predicted octanol–water partition coefficient (Wildman–Crippen LogP) is 3.53. The minimum absolute atomic E-state index is 0.475. The van der Waals surface area contributed by atoms with Crippen LogP contribution >= 0.6 is 11.3 Å². The fraction of sp³-hybridized carbons (Fsp3) is 0.619.